The molecular formula is C13H18BrN. The molecule has 0 unspecified atom stereocenters. The predicted molar refractivity (Wildman–Crippen MR) is 67.8 cm³/mol. The van der Waals surface area contributed by atoms with Crippen molar-refractivity contribution in [2.75, 3.05) is 0 Å². The van der Waals surface area contributed by atoms with Crippen LogP contribution in [0.2, 0.25) is 0 Å². The van der Waals surface area contributed by atoms with Gasteiger partial charge in [0.15, 0.2) is 0 Å². The number of benzene rings is 1. The molecule has 1 atom stereocenters. The van der Waals surface area contributed by atoms with Crippen LogP contribution in [0.1, 0.15) is 31.7 Å². The van der Waals surface area contributed by atoms with Gasteiger partial charge in [-0.05, 0) is 43.4 Å². The largest absolute Gasteiger partial charge is 0.310 e. The van der Waals surface area contributed by atoms with Gasteiger partial charge in [-0.15, -0.1) is 0 Å². The lowest BCUT2D eigenvalue weighted by Gasteiger charge is -2.32. The van der Waals surface area contributed by atoms with Crippen molar-refractivity contribution in [2.45, 2.75) is 38.8 Å². The second-order valence-corrected chi connectivity index (χ2v) is 5.40. The van der Waals surface area contributed by atoms with Gasteiger partial charge < -0.3 is 5.32 Å². The van der Waals surface area contributed by atoms with Gasteiger partial charge in [0.1, 0.15) is 0 Å². The summed E-state index contributed by atoms with van der Waals surface area (Å²) >= 11 is 3.45. The molecule has 0 radical (unpaired) electrons. The van der Waals surface area contributed by atoms with E-state index in [0.717, 1.165) is 16.9 Å². The molecule has 0 amide bonds. The van der Waals surface area contributed by atoms with E-state index in [1.807, 2.05) is 0 Å². The van der Waals surface area contributed by atoms with E-state index < -0.39 is 0 Å². The smallest absolute Gasteiger partial charge is 0.0208 e. The third kappa shape index (κ3) is 3.05. The average Bonchev–Trinajstić information content (AvgIpc) is 2.14. The Labute approximate surface area is 100 Å². The number of hydrogen-bond donors (Lipinski definition) is 1. The molecule has 1 fully saturated rings. The Balaban J connectivity index is 1.79. The van der Waals surface area contributed by atoms with Gasteiger partial charge in [0.25, 0.3) is 0 Å². The van der Waals surface area contributed by atoms with Crippen molar-refractivity contribution in [3.63, 3.8) is 0 Å². The van der Waals surface area contributed by atoms with Crippen LogP contribution in [0.5, 0.6) is 0 Å². The molecule has 1 saturated carbocycles. The fraction of sp³-hybridized carbons (Fsp3) is 0.538. The van der Waals surface area contributed by atoms with Gasteiger partial charge in [0.05, 0.1) is 0 Å². The topological polar surface area (TPSA) is 12.0 Å². The second-order valence-electron chi connectivity index (χ2n) is 4.49. The van der Waals surface area contributed by atoms with Crippen molar-refractivity contribution < 1.29 is 0 Å². The second kappa shape index (κ2) is 5.13. The van der Waals surface area contributed by atoms with Crippen LogP contribution in [0.3, 0.4) is 0 Å². The summed E-state index contributed by atoms with van der Waals surface area (Å²) in [4.78, 5) is 0. The predicted octanol–water partition coefficient (Wildman–Crippen LogP) is 3.73. The average molecular weight is 268 g/mol. The summed E-state index contributed by atoms with van der Waals surface area (Å²) in [6, 6.07) is 9.22. The fourth-order valence-electron chi connectivity index (χ4n) is 1.99. The first kappa shape index (κ1) is 11.2. The van der Waals surface area contributed by atoms with Crippen LogP contribution in [0.4, 0.5) is 0 Å². The standard InChI is InChI=1S/C13H18BrN/c1-10(12-3-2-4-12)15-9-11-5-7-13(14)8-6-11/h5-8,10,12,15H,2-4,9H2,1H3/t10-/m1/s1. The molecule has 1 aromatic carbocycles. The first-order chi connectivity index (χ1) is 7.25. The highest BCUT2D eigenvalue weighted by Gasteiger charge is 2.23. The summed E-state index contributed by atoms with van der Waals surface area (Å²) in [5.41, 5.74) is 1.37. The summed E-state index contributed by atoms with van der Waals surface area (Å²) in [7, 11) is 0. The number of rotatable bonds is 4. The van der Waals surface area contributed by atoms with Crippen LogP contribution in [0.15, 0.2) is 28.7 Å². The Hall–Kier alpha value is -0.340. The monoisotopic (exact) mass is 267 g/mol. The van der Waals surface area contributed by atoms with Gasteiger partial charge >= 0.3 is 0 Å². The van der Waals surface area contributed by atoms with Crippen LogP contribution in [-0.4, -0.2) is 6.04 Å². The minimum absolute atomic E-state index is 0.669. The Bertz CT molecular complexity index is 303. The first-order valence-electron chi connectivity index (χ1n) is 5.73. The Morgan fingerprint density at radius 3 is 2.53 bits per heavy atom. The molecule has 2 rings (SSSR count). The van der Waals surface area contributed by atoms with Gasteiger partial charge in [-0.2, -0.15) is 0 Å². The zero-order valence-electron chi connectivity index (χ0n) is 9.17. The highest BCUT2D eigenvalue weighted by Crippen LogP contribution is 2.29. The molecule has 1 aliphatic carbocycles. The van der Waals surface area contributed by atoms with E-state index in [4.69, 9.17) is 0 Å². The molecule has 0 aromatic heterocycles. The molecule has 1 N–H and O–H groups in total. The summed E-state index contributed by atoms with van der Waals surface area (Å²) in [5, 5.41) is 3.60. The third-order valence-corrected chi connectivity index (χ3v) is 3.93. The molecule has 1 aromatic rings. The van der Waals surface area contributed by atoms with Crippen LogP contribution < -0.4 is 5.32 Å². The maximum atomic E-state index is 3.60. The van der Waals surface area contributed by atoms with Crippen molar-refractivity contribution in [1.82, 2.24) is 5.32 Å². The van der Waals surface area contributed by atoms with Gasteiger partial charge in [-0.1, -0.05) is 34.5 Å². The molecule has 1 aliphatic rings. The van der Waals surface area contributed by atoms with Crippen molar-refractivity contribution in [2.24, 2.45) is 5.92 Å². The van der Waals surface area contributed by atoms with Crippen LogP contribution in [0, 0.1) is 5.92 Å². The van der Waals surface area contributed by atoms with Crippen molar-refractivity contribution in [1.29, 1.82) is 0 Å². The Morgan fingerprint density at radius 1 is 1.33 bits per heavy atom. The molecular weight excluding hydrogens is 250 g/mol. The summed E-state index contributed by atoms with van der Waals surface area (Å²) in [6.45, 7) is 3.30. The molecule has 0 heterocycles. The molecule has 1 nitrogen and oxygen atoms in total. The van der Waals surface area contributed by atoms with E-state index in [0.29, 0.717) is 6.04 Å². The highest BCUT2D eigenvalue weighted by atomic mass is 79.9. The van der Waals surface area contributed by atoms with Crippen molar-refractivity contribution in [3.8, 4) is 0 Å². The maximum absolute atomic E-state index is 3.60. The Morgan fingerprint density at radius 2 is 2.00 bits per heavy atom. The van der Waals surface area contributed by atoms with E-state index in [-0.39, 0.29) is 0 Å². The summed E-state index contributed by atoms with van der Waals surface area (Å²) in [5.74, 6) is 0.917. The normalized spacial score (nSPS) is 18.5. The lowest BCUT2D eigenvalue weighted by atomic mass is 9.80. The molecule has 0 aliphatic heterocycles. The minimum atomic E-state index is 0.669. The number of halogens is 1. The van der Waals surface area contributed by atoms with E-state index in [1.165, 1.54) is 24.8 Å². The van der Waals surface area contributed by atoms with E-state index >= 15 is 0 Å². The maximum Gasteiger partial charge on any atom is 0.0208 e. The molecule has 82 valence electrons. The van der Waals surface area contributed by atoms with Crippen LogP contribution >= 0.6 is 15.9 Å². The van der Waals surface area contributed by atoms with Crippen LogP contribution in [-0.2, 0) is 6.54 Å². The van der Waals surface area contributed by atoms with E-state index in [1.54, 1.807) is 0 Å². The van der Waals surface area contributed by atoms with Gasteiger partial charge in [-0.3, -0.25) is 0 Å². The highest BCUT2D eigenvalue weighted by molar-refractivity contribution is 9.10. The van der Waals surface area contributed by atoms with Gasteiger partial charge in [-0.25, -0.2) is 0 Å². The number of hydrogen-bond acceptors (Lipinski definition) is 1. The first-order valence-corrected chi connectivity index (χ1v) is 6.53. The van der Waals surface area contributed by atoms with Gasteiger partial charge in [0.2, 0.25) is 0 Å². The lowest BCUT2D eigenvalue weighted by molar-refractivity contribution is 0.240. The van der Waals surface area contributed by atoms with Crippen molar-refractivity contribution in [3.05, 3.63) is 34.3 Å². The van der Waals surface area contributed by atoms with Crippen molar-refractivity contribution >= 4 is 15.9 Å². The Kier molecular flexibility index (Phi) is 3.81. The lowest BCUT2D eigenvalue weighted by Crippen LogP contribution is -2.36. The molecule has 0 bridgehead atoms. The SMILES string of the molecule is C[C@@H](NCc1ccc(Br)cc1)C1CCC1. The van der Waals surface area contributed by atoms with E-state index in [2.05, 4.69) is 52.4 Å². The number of nitrogens with one attached hydrogen (secondary N) is 1. The van der Waals surface area contributed by atoms with Gasteiger partial charge in [0, 0.05) is 17.1 Å². The van der Waals surface area contributed by atoms with Crippen LogP contribution in [0.25, 0.3) is 0 Å². The molecule has 0 spiro atoms. The quantitative estimate of drug-likeness (QED) is 0.877. The third-order valence-electron chi connectivity index (χ3n) is 3.40. The molecule has 2 heteroatoms. The molecule has 0 saturated heterocycles. The summed E-state index contributed by atoms with van der Waals surface area (Å²) < 4.78 is 1.15. The fourth-order valence-corrected chi connectivity index (χ4v) is 2.25. The zero-order valence-corrected chi connectivity index (χ0v) is 10.8. The minimum Gasteiger partial charge on any atom is -0.310 e. The summed E-state index contributed by atoms with van der Waals surface area (Å²) in [6.07, 6.45) is 4.25. The molecule has 15 heavy (non-hydrogen) atoms. The van der Waals surface area contributed by atoms with E-state index in [9.17, 15) is 0 Å². The zero-order chi connectivity index (χ0) is 10.7.